The van der Waals surface area contributed by atoms with Crippen LogP contribution in [0.25, 0.3) is 11.4 Å². The van der Waals surface area contributed by atoms with E-state index in [0.717, 1.165) is 47.2 Å². The minimum Gasteiger partial charge on any atom is -0.341 e. The molecular weight excluding hydrogens is 419 g/mol. The highest BCUT2D eigenvalue weighted by atomic mass is 19.4. The number of hydrogen-bond donors (Lipinski definition) is 0. The first kappa shape index (κ1) is 22.1. The molecule has 1 amide bonds. The number of likely N-dealkylation sites (tertiary alicyclic amines) is 1. The number of nitrogens with zero attached hydrogens (tertiary/aromatic N) is 5. The molecule has 1 fully saturated rings. The van der Waals surface area contributed by atoms with Crippen LogP contribution in [-0.4, -0.2) is 43.2 Å². The second-order valence-corrected chi connectivity index (χ2v) is 8.35. The molecule has 0 atom stereocenters. The van der Waals surface area contributed by atoms with Gasteiger partial charge in [-0.1, -0.05) is 30.3 Å². The molecule has 6 nitrogen and oxygen atoms in total. The van der Waals surface area contributed by atoms with Crippen LogP contribution in [0, 0.1) is 19.8 Å². The van der Waals surface area contributed by atoms with E-state index in [1.807, 2.05) is 43.5 Å². The quantitative estimate of drug-likeness (QED) is 0.588. The highest BCUT2D eigenvalue weighted by molar-refractivity contribution is 5.76. The lowest BCUT2D eigenvalue weighted by Crippen LogP contribution is -2.41. The summed E-state index contributed by atoms with van der Waals surface area (Å²) in [5, 5.41) is 3.56. The number of amides is 1. The van der Waals surface area contributed by atoms with Crippen LogP contribution in [0.4, 0.5) is 13.2 Å². The Balaban J connectivity index is 1.36. The summed E-state index contributed by atoms with van der Waals surface area (Å²) < 4.78 is 41.9. The Morgan fingerprint density at radius 2 is 1.78 bits per heavy atom. The van der Waals surface area contributed by atoms with Crippen molar-refractivity contribution in [1.29, 1.82) is 0 Å². The molecule has 1 aromatic carbocycles. The van der Waals surface area contributed by atoms with Gasteiger partial charge in [0.15, 0.2) is 5.69 Å². The standard InChI is InChI=1S/C23H26F3N5O/c1-16-12-20(23(24,25)26)28-31(16)15-21(32)29-10-8-18(9-11-29)14-30-17(2)13-27-22(30)19-6-4-3-5-7-19/h3-7,12-13,18H,8-11,14-15H2,1-2H3. The van der Waals surface area contributed by atoms with Crippen molar-refractivity contribution < 1.29 is 18.0 Å². The summed E-state index contributed by atoms with van der Waals surface area (Å²) >= 11 is 0. The Morgan fingerprint density at radius 1 is 1.09 bits per heavy atom. The van der Waals surface area contributed by atoms with E-state index in [1.165, 1.54) is 6.92 Å². The van der Waals surface area contributed by atoms with Crippen molar-refractivity contribution in [2.24, 2.45) is 5.92 Å². The van der Waals surface area contributed by atoms with Gasteiger partial charge in [-0.05, 0) is 38.7 Å². The molecule has 0 bridgehead atoms. The molecule has 3 heterocycles. The Bertz CT molecular complexity index is 1080. The lowest BCUT2D eigenvalue weighted by Gasteiger charge is -2.32. The van der Waals surface area contributed by atoms with Crippen LogP contribution < -0.4 is 0 Å². The number of hydrogen-bond acceptors (Lipinski definition) is 3. The van der Waals surface area contributed by atoms with Crippen LogP contribution in [0.1, 0.15) is 29.9 Å². The van der Waals surface area contributed by atoms with Crippen molar-refractivity contribution in [1.82, 2.24) is 24.2 Å². The predicted octanol–water partition coefficient (Wildman–Crippen LogP) is 4.32. The molecule has 4 rings (SSSR count). The Kier molecular flexibility index (Phi) is 6.08. The summed E-state index contributed by atoms with van der Waals surface area (Å²) in [6.45, 7) is 5.39. The van der Waals surface area contributed by atoms with Crippen molar-refractivity contribution in [3.8, 4) is 11.4 Å². The van der Waals surface area contributed by atoms with Gasteiger partial charge in [0.2, 0.25) is 5.91 Å². The summed E-state index contributed by atoms with van der Waals surface area (Å²) in [7, 11) is 0. The average molecular weight is 445 g/mol. The van der Waals surface area contributed by atoms with Gasteiger partial charge in [-0.15, -0.1) is 0 Å². The van der Waals surface area contributed by atoms with Gasteiger partial charge < -0.3 is 9.47 Å². The first-order chi connectivity index (χ1) is 15.2. The summed E-state index contributed by atoms with van der Waals surface area (Å²) in [6, 6.07) is 11.0. The number of alkyl halides is 3. The minimum absolute atomic E-state index is 0.175. The zero-order valence-corrected chi connectivity index (χ0v) is 18.1. The molecule has 0 radical (unpaired) electrons. The molecule has 0 aliphatic carbocycles. The van der Waals surface area contributed by atoms with E-state index in [0.29, 0.717) is 24.7 Å². The molecule has 1 aliphatic heterocycles. The van der Waals surface area contributed by atoms with Crippen molar-refractivity contribution in [3.05, 3.63) is 59.7 Å². The fourth-order valence-electron chi connectivity index (χ4n) is 4.17. The SMILES string of the molecule is Cc1cc(C(F)(F)F)nn1CC(=O)N1CCC(Cn2c(C)cnc2-c2ccccc2)CC1. The van der Waals surface area contributed by atoms with E-state index < -0.39 is 11.9 Å². The van der Waals surface area contributed by atoms with Crippen molar-refractivity contribution in [2.45, 2.75) is 46.0 Å². The van der Waals surface area contributed by atoms with Gasteiger partial charge in [0.05, 0.1) is 0 Å². The number of piperidine rings is 1. The number of benzene rings is 1. The van der Waals surface area contributed by atoms with Crippen molar-refractivity contribution in [3.63, 3.8) is 0 Å². The maximum atomic E-state index is 12.9. The number of rotatable bonds is 5. The zero-order valence-electron chi connectivity index (χ0n) is 18.1. The van der Waals surface area contributed by atoms with E-state index in [4.69, 9.17) is 0 Å². The second kappa shape index (κ2) is 8.80. The summed E-state index contributed by atoms with van der Waals surface area (Å²) in [6.07, 6.45) is -0.961. The molecule has 3 aromatic rings. The van der Waals surface area contributed by atoms with E-state index in [1.54, 1.807) is 4.90 Å². The molecule has 32 heavy (non-hydrogen) atoms. The number of aromatic nitrogens is 4. The molecule has 0 unspecified atom stereocenters. The number of halogens is 3. The van der Waals surface area contributed by atoms with Crippen molar-refractivity contribution >= 4 is 5.91 Å². The normalized spacial score (nSPS) is 15.3. The fraction of sp³-hybridized carbons (Fsp3) is 0.435. The number of aryl methyl sites for hydroxylation is 2. The molecule has 170 valence electrons. The molecule has 0 spiro atoms. The molecule has 9 heteroatoms. The van der Waals surface area contributed by atoms with Crippen LogP contribution in [0.5, 0.6) is 0 Å². The first-order valence-electron chi connectivity index (χ1n) is 10.7. The lowest BCUT2D eigenvalue weighted by atomic mass is 9.96. The average Bonchev–Trinajstić information content (AvgIpc) is 3.32. The Hall–Kier alpha value is -3.10. The predicted molar refractivity (Wildman–Crippen MR) is 114 cm³/mol. The van der Waals surface area contributed by atoms with Crippen LogP contribution in [0.2, 0.25) is 0 Å². The van der Waals surface area contributed by atoms with Crippen LogP contribution in [0.3, 0.4) is 0 Å². The van der Waals surface area contributed by atoms with Crippen LogP contribution in [0.15, 0.2) is 42.6 Å². The van der Waals surface area contributed by atoms with E-state index in [-0.39, 0.29) is 12.5 Å². The van der Waals surface area contributed by atoms with E-state index >= 15 is 0 Å². The molecule has 1 saturated heterocycles. The second-order valence-electron chi connectivity index (χ2n) is 8.35. The van der Waals surface area contributed by atoms with Gasteiger partial charge in [0.1, 0.15) is 12.4 Å². The fourth-order valence-corrected chi connectivity index (χ4v) is 4.17. The molecule has 0 saturated carbocycles. The topological polar surface area (TPSA) is 56.0 Å². The highest BCUT2D eigenvalue weighted by Gasteiger charge is 2.35. The minimum atomic E-state index is -4.51. The smallest absolute Gasteiger partial charge is 0.341 e. The number of carbonyl (C=O) groups excluding carboxylic acids is 1. The number of carbonyl (C=O) groups is 1. The maximum Gasteiger partial charge on any atom is 0.435 e. The van der Waals surface area contributed by atoms with Crippen LogP contribution >= 0.6 is 0 Å². The highest BCUT2D eigenvalue weighted by Crippen LogP contribution is 2.29. The largest absolute Gasteiger partial charge is 0.435 e. The molecular formula is C23H26F3N5O. The number of imidazole rings is 1. The maximum absolute atomic E-state index is 12.9. The first-order valence-corrected chi connectivity index (χ1v) is 10.7. The third-order valence-electron chi connectivity index (χ3n) is 6.05. The molecule has 1 aliphatic rings. The van der Waals surface area contributed by atoms with Gasteiger partial charge in [0.25, 0.3) is 0 Å². The van der Waals surface area contributed by atoms with Crippen molar-refractivity contribution in [2.75, 3.05) is 13.1 Å². The third kappa shape index (κ3) is 4.71. The zero-order chi connectivity index (χ0) is 22.9. The van der Waals surface area contributed by atoms with Gasteiger partial charge in [-0.2, -0.15) is 18.3 Å². The summed E-state index contributed by atoms with van der Waals surface area (Å²) in [4.78, 5) is 19.0. The molecule has 0 N–H and O–H groups in total. The van der Waals surface area contributed by atoms with Gasteiger partial charge in [-0.3, -0.25) is 9.48 Å². The lowest BCUT2D eigenvalue weighted by molar-refractivity contribution is -0.142. The Labute approximate surface area is 184 Å². The Morgan fingerprint density at radius 3 is 2.41 bits per heavy atom. The summed E-state index contributed by atoms with van der Waals surface area (Å²) in [5.74, 6) is 1.14. The summed E-state index contributed by atoms with van der Waals surface area (Å²) in [5.41, 5.74) is 1.52. The monoisotopic (exact) mass is 445 g/mol. The van der Waals surface area contributed by atoms with Gasteiger partial charge >= 0.3 is 6.18 Å². The van der Waals surface area contributed by atoms with Crippen LogP contribution in [-0.2, 0) is 24.1 Å². The third-order valence-corrected chi connectivity index (χ3v) is 6.05. The van der Waals surface area contributed by atoms with Gasteiger partial charge in [-0.25, -0.2) is 4.98 Å². The van der Waals surface area contributed by atoms with E-state index in [9.17, 15) is 18.0 Å². The van der Waals surface area contributed by atoms with E-state index in [2.05, 4.69) is 14.6 Å². The van der Waals surface area contributed by atoms with Gasteiger partial charge in [0, 0.05) is 42.8 Å². The molecule has 2 aromatic heterocycles.